The average molecular weight is 337 g/mol. The Labute approximate surface area is 145 Å². The van der Waals surface area contributed by atoms with E-state index < -0.39 is 6.10 Å². The van der Waals surface area contributed by atoms with Crippen molar-refractivity contribution in [2.75, 3.05) is 17.7 Å². The van der Waals surface area contributed by atoms with Crippen LogP contribution in [-0.2, 0) is 9.53 Å². The quantitative estimate of drug-likeness (QED) is 0.667. The lowest BCUT2D eigenvalue weighted by Gasteiger charge is -2.12. The van der Waals surface area contributed by atoms with Crippen molar-refractivity contribution in [3.8, 4) is 0 Å². The van der Waals surface area contributed by atoms with Crippen LogP contribution in [0.2, 0.25) is 0 Å². The summed E-state index contributed by atoms with van der Waals surface area (Å²) in [5.41, 5.74) is 2.64. The second-order valence-electron chi connectivity index (χ2n) is 5.68. The van der Waals surface area contributed by atoms with E-state index in [1.165, 1.54) is 7.11 Å². The van der Waals surface area contributed by atoms with Gasteiger partial charge in [-0.05, 0) is 48.7 Å². The maximum atomic E-state index is 12.4. The molecule has 0 bridgehead atoms. The van der Waals surface area contributed by atoms with Crippen molar-refractivity contribution >= 4 is 34.1 Å². The molecule has 3 aromatic rings. The van der Waals surface area contributed by atoms with Crippen LogP contribution in [0.3, 0.4) is 0 Å². The smallest absolute Gasteiger partial charge is 0.255 e. The lowest BCUT2D eigenvalue weighted by atomic mass is 10.1. The summed E-state index contributed by atoms with van der Waals surface area (Å²) in [4.78, 5) is 27.4. The Morgan fingerprint density at radius 3 is 2.56 bits per heavy atom. The number of amides is 2. The Morgan fingerprint density at radius 1 is 1.04 bits per heavy atom. The summed E-state index contributed by atoms with van der Waals surface area (Å²) in [5, 5.41) is 6.63. The highest BCUT2D eigenvalue weighted by Gasteiger charge is 2.12. The molecule has 3 rings (SSSR count). The maximum absolute atomic E-state index is 12.4. The molecule has 1 aromatic heterocycles. The number of carbonyl (C=O) groups excluding carboxylic acids is 2. The third-order valence-electron chi connectivity index (χ3n) is 3.93. The van der Waals surface area contributed by atoms with Crippen LogP contribution in [0.5, 0.6) is 0 Å². The molecule has 1 atom stereocenters. The van der Waals surface area contributed by atoms with Crippen LogP contribution in [0.1, 0.15) is 17.3 Å². The maximum Gasteiger partial charge on any atom is 0.255 e. The van der Waals surface area contributed by atoms with E-state index in [1.54, 1.807) is 43.3 Å². The highest BCUT2D eigenvalue weighted by Crippen LogP contribution is 2.18. The van der Waals surface area contributed by atoms with E-state index in [-0.39, 0.29) is 11.8 Å². The van der Waals surface area contributed by atoms with Crippen LogP contribution in [0, 0.1) is 0 Å². The summed E-state index contributed by atoms with van der Waals surface area (Å²) in [5.74, 6) is -0.464. The molecule has 0 aliphatic carbocycles. The second kappa shape index (κ2) is 7.19. The lowest BCUT2D eigenvalue weighted by Crippen LogP contribution is -2.26. The van der Waals surface area contributed by atoms with E-state index in [4.69, 9.17) is 4.74 Å². The van der Waals surface area contributed by atoms with Gasteiger partial charge in [0.1, 0.15) is 6.10 Å². The predicted molar refractivity (Wildman–Crippen MR) is 97.8 cm³/mol. The number of anilines is 2. The fourth-order valence-corrected chi connectivity index (χ4v) is 2.42. The van der Waals surface area contributed by atoms with Gasteiger partial charge in [-0.3, -0.25) is 9.59 Å². The molecule has 3 N–H and O–H groups in total. The van der Waals surface area contributed by atoms with Crippen LogP contribution in [-0.4, -0.2) is 30.0 Å². The molecule has 6 heteroatoms. The molecule has 0 unspecified atom stereocenters. The minimum Gasteiger partial charge on any atom is -0.372 e. The summed E-state index contributed by atoms with van der Waals surface area (Å²) < 4.78 is 4.98. The molecule has 0 saturated carbocycles. The second-order valence-corrected chi connectivity index (χ2v) is 5.68. The summed E-state index contributed by atoms with van der Waals surface area (Å²) >= 11 is 0. The number of fused-ring (bicyclic) bond motifs is 1. The topological polar surface area (TPSA) is 83.2 Å². The Hall–Kier alpha value is -3.12. The minimum absolute atomic E-state index is 0.217. The average Bonchev–Trinajstić information content (AvgIpc) is 3.08. The number of hydrogen-bond acceptors (Lipinski definition) is 3. The largest absolute Gasteiger partial charge is 0.372 e. The number of aromatic nitrogens is 1. The molecule has 2 amide bonds. The first-order valence-corrected chi connectivity index (χ1v) is 7.89. The zero-order chi connectivity index (χ0) is 17.8. The van der Waals surface area contributed by atoms with E-state index in [9.17, 15) is 9.59 Å². The van der Waals surface area contributed by atoms with Crippen molar-refractivity contribution in [3.05, 3.63) is 60.3 Å². The Balaban J connectivity index is 1.72. The number of H-pyrrole nitrogens is 1. The molecular weight excluding hydrogens is 318 g/mol. The van der Waals surface area contributed by atoms with Gasteiger partial charge in [0.15, 0.2) is 0 Å². The van der Waals surface area contributed by atoms with Gasteiger partial charge in [0.05, 0.1) is 0 Å². The molecule has 0 spiro atoms. The third kappa shape index (κ3) is 3.87. The zero-order valence-corrected chi connectivity index (χ0v) is 14.0. The summed E-state index contributed by atoms with van der Waals surface area (Å²) in [6.45, 7) is 1.66. The number of methoxy groups -OCH3 is 1. The number of carbonyl (C=O) groups is 2. The van der Waals surface area contributed by atoms with Crippen LogP contribution >= 0.6 is 0 Å². The number of ether oxygens (including phenoxy) is 1. The minimum atomic E-state index is -0.550. The van der Waals surface area contributed by atoms with Crippen molar-refractivity contribution in [2.45, 2.75) is 13.0 Å². The lowest BCUT2D eigenvalue weighted by molar-refractivity contribution is -0.124. The molecule has 1 heterocycles. The number of nitrogens with one attached hydrogen (secondary N) is 3. The molecule has 0 radical (unpaired) electrons. The highest BCUT2D eigenvalue weighted by molar-refractivity contribution is 6.06. The van der Waals surface area contributed by atoms with Gasteiger partial charge in [0, 0.05) is 35.8 Å². The molecule has 128 valence electrons. The van der Waals surface area contributed by atoms with Crippen LogP contribution < -0.4 is 10.6 Å². The van der Waals surface area contributed by atoms with Crippen molar-refractivity contribution < 1.29 is 14.3 Å². The summed E-state index contributed by atoms with van der Waals surface area (Å²) in [6, 6.07) is 14.4. The summed E-state index contributed by atoms with van der Waals surface area (Å²) in [7, 11) is 1.47. The van der Waals surface area contributed by atoms with E-state index >= 15 is 0 Å². The Kier molecular flexibility index (Phi) is 4.81. The molecule has 25 heavy (non-hydrogen) atoms. The number of aromatic amines is 1. The van der Waals surface area contributed by atoms with Crippen molar-refractivity contribution in [2.24, 2.45) is 0 Å². The van der Waals surface area contributed by atoms with Gasteiger partial charge in [-0.2, -0.15) is 0 Å². The first-order chi connectivity index (χ1) is 12.1. The number of benzene rings is 2. The van der Waals surface area contributed by atoms with Crippen LogP contribution in [0.25, 0.3) is 10.9 Å². The van der Waals surface area contributed by atoms with Gasteiger partial charge in [-0.15, -0.1) is 0 Å². The van der Waals surface area contributed by atoms with Crippen molar-refractivity contribution in [1.29, 1.82) is 0 Å². The Morgan fingerprint density at radius 2 is 1.80 bits per heavy atom. The predicted octanol–water partition coefficient (Wildman–Crippen LogP) is 3.39. The Bertz CT molecular complexity index is 917. The molecule has 0 fully saturated rings. The van der Waals surface area contributed by atoms with E-state index in [1.807, 2.05) is 18.3 Å². The van der Waals surface area contributed by atoms with E-state index in [0.29, 0.717) is 16.9 Å². The fraction of sp³-hybridized carbons (Fsp3) is 0.158. The molecule has 6 nitrogen and oxygen atoms in total. The normalized spacial score (nSPS) is 11.9. The zero-order valence-electron chi connectivity index (χ0n) is 14.0. The number of rotatable bonds is 5. The van der Waals surface area contributed by atoms with Gasteiger partial charge in [0.25, 0.3) is 11.8 Å². The van der Waals surface area contributed by atoms with Gasteiger partial charge in [-0.1, -0.05) is 12.1 Å². The molecule has 0 saturated heterocycles. The van der Waals surface area contributed by atoms with Crippen LogP contribution in [0.4, 0.5) is 11.4 Å². The molecule has 0 aliphatic heterocycles. The number of hydrogen-bond donors (Lipinski definition) is 3. The van der Waals surface area contributed by atoms with E-state index in [2.05, 4.69) is 15.6 Å². The standard InChI is InChI=1S/C19H19N3O3/c1-12(25-2)18(23)21-15-4-3-5-16(11-15)22-19(24)14-7-6-13-8-9-20-17(13)10-14/h3-12,20H,1-2H3,(H,21,23)(H,22,24)/t12-/m1/s1. The molecule has 2 aromatic carbocycles. The van der Waals surface area contributed by atoms with Gasteiger partial charge >= 0.3 is 0 Å². The van der Waals surface area contributed by atoms with Crippen molar-refractivity contribution in [1.82, 2.24) is 4.98 Å². The van der Waals surface area contributed by atoms with Crippen molar-refractivity contribution in [3.63, 3.8) is 0 Å². The molecular formula is C19H19N3O3. The first kappa shape index (κ1) is 16.7. The SMILES string of the molecule is CO[C@H](C)C(=O)Nc1cccc(NC(=O)c2ccc3cc[nH]c3c2)c1. The first-order valence-electron chi connectivity index (χ1n) is 7.89. The van der Waals surface area contributed by atoms with Gasteiger partial charge < -0.3 is 20.4 Å². The van der Waals surface area contributed by atoms with Crippen LogP contribution in [0.15, 0.2) is 54.7 Å². The molecule has 0 aliphatic rings. The fourth-order valence-electron chi connectivity index (χ4n) is 2.42. The van der Waals surface area contributed by atoms with Gasteiger partial charge in [-0.25, -0.2) is 0 Å². The van der Waals surface area contributed by atoms with Gasteiger partial charge in [0.2, 0.25) is 0 Å². The third-order valence-corrected chi connectivity index (χ3v) is 3.93. The summed E-state index contributed by atoms with van der Waals surface area (Å²) in [6.07, 6.45) is 1.28. The highest BCUT2D eigenvalue weighted by atomic mass is 16.5. The monoisotopic (exact) mass is 337 g/mol. The van der Waals surface area contributed by atoms with E-state index in [0.717, 1.165) is 10.9 Å².